The number of fused-ring (bicyclic) bond motifs is 1. The van der Waals surface area contributed by atoms with Gasteiger partial charge in [-0.2, -0.15) is 4.98 Å². The predicted molar refractivity (Wildman–Crippen MR) is 142 cm³/mol. The number of carbonyl (C=O) groups excluding carboxylic acids is 1. The maximum Gasteiger partial charge on any atom is 0.255 e. The molecule has 1 atom stereocenters. The van der Waals surface area contributed by atoms with Crippen LogP contribution in [0, 0.1) is 0 Å². The van der Waals surface area contributed by atoms with E-state index in [0.717, 1.165) is 0 Å². The molecule has 0 bridgehead atoms. The van der Waals surface area contributed by atoms with Gasteiger partial charge in [-0.1, -0.05) is 35.3 Å². The summed E-state index contributed by atoms with van der Waals surface area (Å²) in [5, 5.41) is 11.8. The lowest BCUT2D eigenvalue weighted by Crippen LogP contribution is -2.31. The van der Waals surface area contributed by atoms with Crippen LogP contribution in [0.1, 0.15) is 18.5 Å². The van der Waals surface area contributed by atoms with E-state index in [2.05, 4.69) is 20.6 Å². The van der Waals surface area contributed by atoms with Gasteiger partial charge in [0.05, 0.1) is 36.7 Å². The van der Waals surface area contributed by atoms with Crippen LogP contribution in [0.2, 0.25) is 10.0 Å². The summed E-state index contributed by atoms with van der Waals surface area (Å²) in [6.07, 6.45) is 3.21. The molecule has 3 heterocycles. The Labute approximate surface area is 223 Å². The molecule has 0 saturated heterocycles. The summed E-state index contributed by atoms with van der Waals surface area (Å²) >= 11 is 12.5. The summed E-state index contributed by atoms with van der Waals surface area (Å²) in [4.78, 5) is 22.5. The van der Waals surface area contributed by atoms with E-state index in [-0.39, 0.29) is 5.91 Å². The van der Waals surface area contributed by atoms with Crippen molar-refractivity contribution in [1.82, 2.24) is 19.7 Å². The number of anilines is 2. The summed E-state index contributed by atoms with van der Waals surface area (Å²) in [5.41, 5.74) is 2.85. The maximum atomic E-state index is 13.7. The van der Waals surface area contributed by atoms with Crippen molar-refractivity contribution in [1.29, 1.82) is 0 Å². The highest BCUT2D eigenvalue weighted by molar-refractivity contribution is 6.36. The zero-order chi connectivity index (χ0) is 26.1. The Balaban J connectivity index is 1.68. The molecule has 1 amide bonds. The quantitative estimate of drug-likeness (QED) is 0.331. The molecule has 0 aliphatic carbocycles. The van der Waals surface area contributed by atoms with Crippen LogP contribution in [-0.4, -0.2) is 39.9 Å². The van der Waals surface area contributed by atoms with Crippen molar-refractivity contribution < 1.29 is 14.3 Å². The molecular weight excluding hydrogens is 515 g/mol. The van der Waals surface area contributed by atoms with Gasteiger partial charge < -0.3 is 20.1 Å². The average molecular weight is 537 g/mol. The minimum absolute atomic E-state index is 0.333. The number of halogens is 2. The lowest BCUT2D eigenvalue weighted by Gasteiger charge is -2.29. The number of rotatable bonds is 6. The molecular formula is C26H22Cl2N6O3. The largest absolute Gasteiger partial charge is 0.493 e. The van der Waals surface area contributed by atoms with Crippen molar-refractivity contribution in [2.24, 2.45) is 0 Å². The van der Waals surface area contributed by atoms with Crippen molar-refractivity contribution in [2.45, 2.75) is 13.0 Å². The second-order valence-corrected chi connectivity index (χ2v) is 9.02. The van der Waals surface area contributed by atoms with E-state index in [1.165, 1.54) is 0 Å². The first-order valence-electron chi connectivity index (χ1n) is 11.2. The highest BCUT2D eigenvalue weighted by atomic mass is 35.5. The molecule has 188 valence electrons. The molecule has 11 heteroatoms. The van der Waals surface area contributed by atoms with E-state index in [0.29, 0.717) is 61.4 Å². The number of aromatic nitrogens is 4. The van der Waals surface area contributed by atoms with Crippen molar-refractivity contribution in [3.63, 3.8) is 0 Å². The second-order valence-electron chi connectivity index (χ2n) is 8.17. The molecule has 0 radical (unpaired) electrons. The van der Waals surface area contributed by atoms with Crippen molar-refractivity contribution in [3.8, 4) is 22.9 Å². The number of para-hydroxylation sites is 1. The Kier molecular flexibility index (Phi) is 6.73. The number of nitrogens with zero attached hydrogens (tertiary/aromatic N) is 4. The van der Waals surface area contributed by atoms with E-state index in [1.54, 1.807) is 67.7 Å². The first-order chi connectivity index (χ1) is 17.9. The number of hydrogen-bond donors (Lipinski definition) is 2. The Morgan fingerprint density at radius 3 is 2.65 bits per heavy atom. The third-order valence-corrected chi connectivity index (χ3v) is 6.46. The Morgan fingerprint density at radius 1 is 1.11 bits per heavy atom. The third kappa shape index (κ3) is 4.59. The van der Waals surface area contributed by atoms with Gasteiger partial charge in [-0.15, -0.1) is 5.10 Å². The minimum Gasteiger partial charge on any atom is -0.493 e. The zero-order valence-electron chi connectivity index (χ0n) is 20.1. The van der Waals surface area contributed by atoms with Crippen LogP contribution in [-0.2, 0) is 4.79 Å². The van der Waals surface area contributed by atoms with Crippen LogP contribution in [0.15, 0.2) is 72.2 Å². The first-order valence-corrected chi connectivity index (χ1v) is 12.0. The second kappa shape index (κ2) is 10.1. The summed E-state index contributed by atoms with van der Waals surface area (Å²) in [6, 6.07) is 13.4. The van der Waals surface area contributed by atoms with Crippen molar-refractivity contribution in [2.75, 3.05) is 24.9 Å². The van der Waals surface area contributed by atoms with Gasteiger partial charge in [0.1, 0.15) is 6.04 Å². The van der Waals surface area contributed by atoms with E-state index in [4.69, 9.17) is 37.8 Å². The van der Waals surface area contributed by atoms with Crippen LogP contribution < -0.4 is 20.1 Å². The number of nitrogens with one attached hydrogen (secondary N) is 2. The number of methoxy groups -OCH3 is 2. The number of carbonyl (C=O) groups is 1. The fourth-order valence-electron chi connectivity index (χ4n) is 4.28. The fourth-order valence-corrected chi connectivity index (χ4v) is 4.77. The molecule has 5 rings (SSSR count). The molecule has 2 aromatic heterocycles. The van der Waals surface area contributed by atoms with E-state index < -0.39 is 6.04 Å². The van der Waals surface area contributed by atoms with Gasteiger partial charge in [0, 0.05) is 28.0 Å². The van der Waals surface area contributed by atoms with Crippen LogP contribution in [0.4, 0.5) is 11.6 Å². The van der Waals surface area contributed by atoms with Gasteiger partial charge in [-0.05, 0) is 43.3 Å². The van der Waals surface area contributed by atoms with Crippen LogP contribution in [0.25, 0.3) is 11.4 Å². The number of ether oxygens (including phenoxy) is 2. The Morgan fingerprint density at radius 2 is 1.95 bits per heavy atom. The summed E-state index contributed by atoms with van der Waals surface area (Å²) in [7, 11) is 3.11. The van der Waals surface area contributed by atoms with Gasteiger partial charge in [0.2, 0.25) is 5.95 Å². The molecule has 1 aliphatic heterocycles. The molecule has 0 spiro atoms. The van der Waals surface area contributed by atoms with E-state index in [1.807, 2.05) is 19.1 Å². The van der Waals surface area contributed by atoms with E-state index >= 15 is 0 Å². The monoisotopic (exact) mass is 536 g/mol. The zero-order valence-corrected chi connectivity index (χ0v) is 21.6. The molecule has 0 saturated carbocycles. The number of benzene rings is 2. The molecule has 37 heavy (non-hydrogen) atoms. The van der Waals surface area contributed by atoms with Gasteiger partial charge in [0.15, 0.2) is 17.3 Å². The topological polar surface area (TPSA) is 103 Å². The molecule has 9 nitrogen and oxygen atoms in total. The van der Waals surface area contributed by atoms with Gasteiger partial charge in [0.25, 0.3) is 5.91 Å². The standard InChI is InChI=1S/C26H22Cl2N6O3/c1-14-21(25(35)31-16-6-5-11-29-13-16)22(18-7-4-8-20(36-2)23(18)37-3)34-26(30-14)32-24(33-34)17-10-9-15(27)12-19(17)28/h4-13,22H,1-3H3,(H,31,35)(H,30,32,33). The molecule has 4 aromatic rings. The Bertz CT molecular complexity index is 1520. The van der Waals surface area contributed by atoms with Crippen LogP contribution in [0.3, 0.4) is 0 Å². The van der Waals surface area contributed by atoms with Crippen molar-refractivity contribution in [3.05, 3.63) is 87.8 Å². The Hall–Kier alpha value is -4.08. The predicted octanol–water partition coefficient (Wildman–Crippen LogP) is 5.59. The first kappa shape index (κ1) is 24.6. The summed E-state index contributed by atoms with van der Waals surface area (Å²) < 4.78 is 12.9. The molecule has 2 N–H and O–H groups in total. The van der Waals surface area contributed by atoms with Gasteiger partial charge in [-0.25, -0.2) is 4.68 Å². The minimum atomic E-state index is -0.703. The number of allylic oxidation sites excluding steroid dienone is 1. The smallest absolute Gasteiger partial charge is 0.255 e. The normalized spacial score (nSPS) is 14.6. The molecule has 0 fully saturated rings. The number of hydrogen-bond acceptors (Lipinski definition) is 7. The lowest BCUT2D eigenvalue weighted by atomic mass is 9.94. The van der Waals surface area contributed by atoms with Gasteiger partial charge in [-0.3, -0.25) is 9.78 Å². The molecule has 1 aliphatic rings. The SMILES string of the molecule is COc1cccc(C2C(C(=O)Nc3cccnc3)=C(C)Nc3nc(-c4ccc(Cl)cc4Cl)nn32)c1OC. The lowest BCUT2D eigenvalue weighted by molar-refractivity contribution is -0.113. The third-order valence-electron chi connectivity index (χ3n) is 5.92. The van der Waals surface area contributed by atoms with Crippen LogP contribution >= 0.6 is 23.2 Å². The maximum absolute atomic E-state index is 13.7. The van der Waals surface area contributed by atoms with Crippen molar-refractivity contribution >= 4 is 40.7 Å². The fraction of sp³-hybridized carbons (Fsp3) is 0.154. The highest BCUT2D eigenvalue weighted by Crippen LogP contribution is 2.43. The van der Waals surface area contributed by atoms with E-state index in [9.17, 15) is 4.79 Å². The van der Waals surface area contributed by atoms with Gasteiger partial charge >= 0.3 is 0 Å². The summed E-state index contributed by atoms with van der Waals surface area (Å²) in [5.74, 6) is 1.47. The highest BCUT2D eigenvalue weighted by Gasteiger charge is 2.37. The summed E-state index contributed by atoms with van der Waals surface area (Å²) in [6.45, 7) is 1.81. The average Bonchev–Trinajstić information content (AvgIpc) is 3.30. The molecule has 2 aromatic carbocycles. The molecule has 1 unspecified atom stereocenters. The number of amides is 1. The van der Waals surface area contributed by atoms with Crippen LogP contribution in [0.5, 0.6) is 11.5 Å². The number of pyridine rings is 1.